The molecule has 7 nitrogen and oxygen atoms in total. The van der Waals surface area contributed by atoms with Crippen LogP contribution in [0.1, 0.15) is 102 Å². The van der Waals surface area contributed by atoms with E-state index in [9.17, 15) is 14.7 Å². The Bertz CT molecular complexity index is 912. The zero-order chi connectivity index (χ0) is 34.0. The summed E-state index contributed by atoms with van der Waals surface area (Å²) in [6.07, 6.45) is 1.29. The smallest absolute Gasteiger partial charge is 0.311 e. The molecule has 0 aliphatic heterocycles. The van der Waals surface area contributed by atoms with Gasteiger partial charge in [-0.05, 0) is 82.4 Å². The van der Waals surface area contributed by atoms with Crippen molar-refractivity contribution in [1.82, 2.24) is 0 Å². The Morgan fingerprint density at radius 3 is 1.84 bits per heavy atom. The second-order valence-electron chi connectivity index (χ2n) is 14.3. The van der Waals surface area contributed by atoms with E-state index in [-0.39, 0.29) is 10.8 Å². The predicted octanol–water partition coefficient (Wildman–Crippen LogP) is 8.38. The highest BCUT2D eigenvalue weighted by Gasteiger charge is 2.47. The molecule has 0 aromatic heterocycles. The monoisotopic (exact) mass is 642 g/mol. The zero-order valence-electron chi connectivity index (χ0n) is 30.1. The summed E-state index contributed by atoms with van der Waals surface area (Å²) in [5.41, 5.74) is -1.64. The number of allylic oxidation sites excluding steroid dienone is 1. The average Bonchev–Trinajstić information content (AvgIpc) is 2.94. The van der Waals surface area contributed by atoms with Gasteiger partial charge in [-0.3, -0.25) is 9.59 Å². The summed E-state index contributed by atoms with van der Waals surface area (Å²) in [5.74, 6) is -1.08. The molecule has 0 heterocycles. The highest BCUT2D eigenvalue weighted by atomic mass is 28.4. The number of aliphatic hydroxyl groups is 1. The van der Waals surface area contributed by atoms with Crippen LogP contribution < -0.4 is 0 Å². The molecule has 6 atom stereocenters. The Labute approximate surface area is 266 Å². The van der Waals surface area contributed by atoms with Crippen molar-refractivity contribution in [3.63, 3.8) is 0 Å². The number of Topliss-reactive ketones (excluding diaryl/α,β-unsaturated/α-hetero) is 1. The van der Waals surface area contributed by atoms with Crippen LogP contribution in [-0.2, 0) is 27.9 Å². The first-order valence-electron chi connectivity index (χ1n) is 16.2. The van der Waals surface area contributed by atoms with Crippen molar-refractivity contribution in [1.29, 1.82) is 0 Å². The van der Waals surface area contributed by atoms with E-state index in [1.54, 1.807) is 21.0 Å². The minimum Gasteiger partial charge on any atom is -0.459 e. The summed E-state index contributed by atoms with van der Waals surface area (Å²) in [7, 11) is -2.85. The quantitative estimate of drug-likeness (QED) is 0.0582. The van der Waals surface area contributed by atoms with Crippen molar-refractivity contribution >= 4 is 28.4 Å². The third kappa shape index (κ3) is 11.6. The van der Waals surface area contributed by atoms with Gasteiger partial charge in [0.05, 0.1) is 23.7 Å². The minimum atomic E-state index is -2.36. The van der Waals surface area contributed by atoms with Gasteiger partial charge in [-0.1, -0.05) is 61.1 Å². The number of methoxy groups -OCH3 is 1. The number of carbonyl (C=O) groups excluding carboxylic acids is 2. The van der Waals surface area contributed by atoms with E-state index in [0.29, 0.717) is 31.3 Å². The minimum absolute atomic E-state index is 0.00194. The molecule has 0 bridgehead atoms. The Morgan fingerprint density at radius 1 is 0.953 bits per heavy atom. The van der Waals surface area contributed by atoms with Crippen LogP contribution in [0.5, 0.6) is 0 Å². The van der Waals surface area contributed by atoms with Crippen molar-refractivity contribution in [2.45, 2.75) is 168 Å². The predicted molar refractivity (Wildman–Crippen MR) is 183 cm³/mol. The molecule has 0 aliphatic rings. The Kier molecular flexibility index (Phi) is 16.6. The van der Waals surface area contributed by atoms with Crippen molar-refractivity contribution in [2.75, 3.05) is 7.11 Å². The lowest BCUT2D eigenvalue weighted by molar-refractivity contribution is -0.169. The van der Waals surface area contributed by atoms with Crippen molar-refractivity contribution < 1.29 is 33.0 Å². The van der Waals surface area contributed by atoms with Crippen LogP contribution in [0.3, 0.4) is 0 Å². The van der Waals surface area contributed by atoms with Crippen molar-refractivity contribution in [3.05, 3.63) is 24.8 Å². The number of hydrogen-bond donors (Lipinski definition) is 1. The Balaban J connectivity index is 6.90. The number of ether oxygens (including phenoxy) is 2. The fourth-order valence-corrected chi connectivity index (χ4v) is 9.32. The average molecular weight is 643 g/mol. The summed E-state index contributed by atoms with van der Waals surface area (Å²) >= 11 is 0. The lowest BCUT2D eigenvalue weighted by Gasteiger charge is -2.46. The first-order valence-corrected chi connectivity index (χ1v) is 21.6. The first-order chi connectivity index (χ1) is 19.6. The Hall–Kier alpha value is -1.11. The van der Waals surface area contributed by atoms with Crippen LogP contribution >= 0.6 is 0 Å². The van der Waals surface area contributed by atoms with Crippen LogP contribution in [0, 0.1) is 5.92 Å². The first kappa shape index (κ1) is 41.9. The van der Waals surface area contributed by atoms with Crippen molar-refractivity contribution in [2.24, 2.45) is 5.92 Å². The molecule has 9 heteroatoms. The number of carbonyl (C=O) groups is 2. The standard InChI is InChI=1S/C34H66O7Si2/c1-17-29(33(12,37)18-2)39-31(36)26(8)28(40-42(15,16)32(9,10)11)24-30(41-43(19-3,20-4)21-5)34(13,38-14)23-22-27(35)25(6)7/h18,26,28-30,37H,2,6,17,19-24H2,1,3-5,7-16H3/t26-,28+,29-,30-,33+,34-/m1/s1. The van der Waals surface area contributed by atoms with Crippen LogP contribution in [0.15, 0.2) is 24.8 Å². The van der Waals surface area contributed by atoms with E-state index in [1.807, 2.05) is 20.8 Å². The van der Waals surface area contributed by atoms with Gasteiger partial charge in [0.2, 0.25) is 0 Å². The molecule has 0 aromatic rings. The molecule has 0 spiro atoms. The molecule has 0 aromatic carbocycles. The summed E-state index contributed by atoms with van der Waals surface area (Å²) in [6, 6.07) is 2.84. The van der Waals surface area contributed by atoms with Gasteiger partial charge in [0.25, 0.3) is 0 Å². The Morgan fingerprint density at radius 2 is 1.47 bits per heavy atom. The maximum absolute atomic E-state index is 13.7. The highest BCUT2D eigenvalue weighted by molar-refractivity contribution is 6.74. The molecule has 0 aliphatic carbocycles. The van der Waals surface area contributed by atoms with Gasteiger partial charge in [-0.15, -0.1) is 6.58 Å². The molecule has 43 heavy (non-hydrogen) atoms. The van der Waals surface area contributed by atoms with Gasteiger partial charge in [0, 0.05) is 20.0 Å². The van der Waals surface area contributed by atoms with Crippen LogP contribution in [0.4, 0.5) is 0 Å². The maximum Gasteiger partial charge on any atom is 0.311 e. The summed E-state index contributed by atoms with van der Waals surface area (Å²) in [6.45, 7) is 34.0. The van der Waals surface area contributed by atoms with Crippen molar-refractivity contribution in [3.8, 4) is 0 Å². The lowest BCUT2D eigenvalue weighted by Crippen LogP contribution is -2.55. The van der Waals surface area contributed by atoms with E-state index in [1.165, 1.54) is 6.08 Å². The van der Waals surface area contributed by atoms with Crippen LogP contribution in [0.25, 0.3) is 0 Å². The van der Waals surface area contributed by atoms with Gasteiger partial charge in [-0.25, -0.2) is 0 Å². The maximum atomic E-state index is 13.7. The molecular weight excluding hydrogens is 577 g/mol. The van der Waals surface area contributed by atoms with E-state index >= 15 is 0 Å². The number of esters is 1. The summed E-state index contributed by atoms with van der Waals surface area (Å²) < 4.78 is 26.3. The van der Waals surface area contributed by atoms with Crippen LogP contribution in [0.2, 0.25) is 36.3 Å². The van der Waals surface area contributed by atoms with E-state index in [0.717, 1.165) is 18.1 Å². The molecule has 0 saturated heterocycles. The fourth-order valence-electron chi connectivity index (χ4n) is 4.96. The van der Waals surface area contributed by atoms with E-state index in [4.69, 9.17) is 18.3 Å². The van der Waals surface area contributed by atoms with E-state index in [2.05, 4.69) is 67.8 Å². The zero-order valence-corrected chi connectivity index (χ0v) is 32.1. The van der Waals surface area contributed by atoms with Crippen LogP contribution in [-0.4, -0.2) is 70.1 Å². The summed E-state index contributed by atoms with van der Waals surface area (Å²) in [4.78, 5) is 26.4. The summed E-state index contributed by atoms with van der Waals surface area (Å²) in [5, 5.41) is 10.7. The molecule has 0 unspecified atom stereocenters. The fraction of sp³-hybridized carbons (Fsp3) is 0.824. The highest BCUT2D eigenvalue weighted by Crippen LogP contribution is 2.41. The topological polar surface area (TPSA) is 91.3 Å². The largest absolute Gasteiger partial charge is 0.459 e. The molecule has 0 radical (unpaired) electrons. The second kappa shape index (κ2) is 17.0. The third-order valence-electron chi connectivity index (χ3n) is 10.1. The normalized spacial score (nSPS) is 18.5. The molecule has 252 valence electrons. The second-order valence-corrected chi connectivity index (χ2v) is 23.8. The molecule has 0 rings (SSSR count). The molecule has 0 fully saturated rings. The van der Waals surface area contributed by atoms with Gasteiger partial charge >= 0.3 is 5.97 Å². The number of rotatable bonds is 21. The third-order valence-corrected chi connectivity index (χ3v) is 19.3. The molecule has 0 amide bonds. The van der Waals surface area contributed by atoms with Gasteiger partial charge in [-0.2, -0.15) is 0 Å². The lowest BCUT2D eigenvalue weighted by atomic mass is 9.86. The van der Waals surface area contributed by atoms with E-state index < -0.39 is 58.0 Å². The number of ketones is 1. The van der Waals surface area contributed by atoms with Gasteiger partial charge in [0.15, 0.2) is 22.4 Å². The number of hydrogen-bond acceptors (Lipinski definition) is 7. The molecule has 0 saturated carbocycles. The molecular formula is C34H66O7Si2. The van der Waals surface area contributed by atoms with Gasteiger partial charge < -0.3 is 23.4 Å². The molecule has 1 N–H and O–H groups in total. The SMILES string of the molecule is C=C[C@](C)(O)[C@@H](CC)OC(=O)[C@H](C)[C@H](C[C@@H](O[Si](CC)(CC)CC)[C@@](C)(CCC(=O)C(=C)C)OC)O[Si](C)(C)C(C)(C)C. The van der Waals surface area contributed by atoms with Gasteiger partial charge in [0.1, 0.15) is 11.7 Å².